The van der Waals surface area contributed by atoms with Crippen LogP contribution in [0.5, 0.6) is 0 Å². The molecule has 0 aromatic heterocycles. The van der Waals surface area contributed by atoms with Crippen LogP contribution >= 0.6 is 11.9 Å². The van der Waals surface area contributed by atoms with Gasteiger partial charge in [-0.1, -0.05) is 31.0 Å². The van der Waals surface area contributed by atoms with Gasteiger partial charge in [-0.15, -0.1) is 0 Å². The number of rotatable bonds is 2. The molecule has 0 saturated heterocycles. The first-order valence-electron chi connectivity index (χ1n) is 4.45. The van der Waals surface area contributed by atoms with Crippen LogP contribution in [0.25, 0.3) is 0 Å². The fourth-order valence-electron chi connectivity index (χ4n) is 1.62. The van der Waals surface area contributed by atoms with E-state index < -0.39 is 0 Å². The minimum atomic E-state index is -0.0586. The quantitative estimate of drug-likeness (QED) is 0.671. The number of hydrogen-bond donors (Lipinski definition) is 0. The Labute approximate surface area is 82.1 Å². The van der Waals surface area contributed by atoms with Gasteiger partial charge in [0.1, 0.15) is 5.82 Å². The first-order valence-corrected chi connectivity index (χ1v) is 5.39. The van der Waals surface area contributed by atoms with Crippen LogP contribution in [-0.2, 0) is 13.1 Å². The Kier molecular flexibility index (Phi) is 2.56. The van der Waals surface area contributed by atoms with Crippen molar-refractivity contribution >= 4 is 11.9 Å². The molecule has 1 aliphatic heterocycles. The van der Waals surface area contributed by atoms with Crippen molar-refractivity contribution in [3.8, 4) is 0 Å². The molecule has 0 radical (unpaired) electrons. The highest BCUT2D eigenvalue weighted by Crippen LogP contribution is 2.29. The molecule has 0 saturated carbocycles. The molecule has 1 aliphatic rings. The van der Waals surface area contributed by atoms with Gasteiger partial charge in [-0.05, 0) is 11.6 Å². The summed E-state index contributed by atoms with van der Waals surface area (Å²) < 4.78 is 15.5. The highest BCUT2D eigenvalue weighted by atomic mass is 32.2. The molecule has 0 aliphatic carbocycles. The third-order valence-corrected chi connectivity index (χ3v) is 3.09. The normalized spacial score (nSPS) is 16.2. The van der Waals surface area contributed by atoms with E-state index in [0.717, 1.165) is 30.0 Å². The van der Waals surface area contributed by atoms with Crippen molar-refractivity contribution in [3.63, 3.8) is 0 Å². The Balaban J connectivity index is 2.20. The number of benzene rings is 1. The van der Waals surface area contributed by atoms with Crippen molar-refractivity contribution in [1.29, 1.82) is 0 Å². The van der Waals surface area contributed by atoms with Crippen molar-refractivity contribution in [2.24, 2.45) is 0 Å². The lowest BCUT2D eigenvalue weighted by atomic mass is 10.1. The van der Waals surface area contributed by atoms with E-state index in [2.05, 4.69) is 11.2 Å². The maximum atomic E-state index is 13.3. The Hall–Kier alpha value is -0.540. The molecule has 70 valence electrons. The van der Waals surface area contributed by atoms with E-state index in [-0.39, 0.29) is 5.82 Å². The van der Waals surface area contributed by atoms with Crippen LogP contribution in [0.3, 0.4) is 0 Å². The molecule has 0 amide bonds. The lowest BCUT2D eigenvalue weighted by Crippen LogP contribution is -2.06. The summed E-state index contributed by atoms with van der Waals surface area (Å²) in [7, 11) is 0. The summed E-state index contributed by atoms with van der Waals surface area (Å²) in [4.78, 5) is 0. The van der Waals surface area contributed by atoms with E-state index in [9.17, 15) is 4.39 Å². The standard InChI is InChI=1S/C10H12FNS/c1-2-13-12-6-8-4-3-5-10(11)9(8)7-12/h3-5H,2,6-7H2,1H3. The molecule has 1 nitrogen and oxygen atoms in total. The van der Waals surface area contributed by atoms with Crippen molar-refractivity contribution in [2.45, 2.75) is 20.0 Å². The van der Waals surface area contributed by atoms with Gasteiger partial charge in [0.25, 0.3) is 0 Å². The van der Waals surface area contributed by atoms with Crippen LogP contribution < -0.4 is 0 Å². The third-order valence-electron chi connectivity index (χ3n) is 2.21. The molecule has 1 aromatic carbocycles. The number of nitrogens with zero attached hydrogens (tertiary/aromatic N) is 1. The zero-order chi connectivity index (χ0) is 9.26. The first-order chi connectivity index (χ1) is 6.31. The molecule has 3 heteroatoms. The highest BCUT2D eigenvalue weighted by molar-refractivity contribution is 7.96. The Morgan fingerprint density at radius 2 is 2.31 bits per heavy atom. The Morgan fingerprint density at radius 3 is 3.00 bits per heavy atom. The van der Waals surface area contributed by atoms with Crippen LogP contribution in [0.1, 0.15) is 18.1 Å². The molecule has 1 heterocycles. The van der Waals surface area contributed by atoms with Gasteiger partial charge in [-0.2, -0.15) is 0 Å². The number of hydrogen-bond acceptors (Lipinski definition) is 2. The topological polar surface area (TPSA) is 3.24 Å². The molecule has 2 rings (SSSR count). The van der Waals surface area contributed by atoms with Gasteiger partial charge >= 0.3 is 0 Å². The average Bonchev–Trinajstić information content (AvgIpc) is 2.49. The van der Waals surface area contributed by atoms with Crippen molar-refractivity contribution in [3.05, 3.63) is 35.1 Å². The van der Waals surface area contributed by atoms with E-state index >= 15 is 0 Å². The van der Waals surface area contributed by atoms with E-state index in [4.69, 9.17) is 0 Å². The molecule has 0 atom stereocenters. The molecule has 0 bridgehead atoms. The van der Waals surface area contributed by atoms with Crippen LogP contribution in [0.4, 0.5) is 4.39 Å². The molecule has 0 unspecified atom stereocenters. The van der Waals surface area contributed by atoms with Crippen molar-refractivity contribution < 1.29 is 4.39 Å². The second-order valence-electron chi connectivity index (χ2n) is 3.09. The minimum Gasteiger partial charge on any atom is -0.242 e. The predicted molar refractivity (Wildman–Crippen MR) is 53.8 cm³/mol. The summed E-state index contributed by atoms with van der Waals surface area (Å²) in [5.74, 6) is 0.993. The van der Waals surface area contributed by atoms with Crippen LogP contribution in [0.15, 0.2) is 18.2 Å². The summed E-state index contributed by atoms with van der Waals surface area (Å²) in [6, 6.07) is 5.34. The molecular weight excluding hydrogens is 185 g/mol. The fraction of sp³-hybridized carbons (Fsp3) is 0.400. The monoisotopic (exact) mass is 197 g/mol. The summed E-state index contributed by atoms with van der Waals surface area (Å²) in [6.45, 7) is 3.75. The van der Waals surface area contributed by atoms with Gasteiger partial charge in [0.05, 0.1) is 0 Å². The van der Waals surface area contributed by atoms with Gasteiger partial charge in [-0.25, -0.2) is 8.70 Å². The Bertz CT molecular complexity index is 314. The molecular formula is C10H12FNS. The SMILES string of the molecule is CCSN1Cc2cccc(F)c2C1. The van der Waals surface area contributed by atoms with E-state index in [1.807, 2.05) is 6.07 Å². The predicted octanol–water partition coefficient (Wildman–Crippen LogP) is 2.81. The van der Waals surface area contributed by atoms with Crippen molar-refractivity contribution in [2.75, 3.05) is 5.75 Å². The number of fused-ring (bicyclic) bond motifs is 1. The molecule has 0 fully saturated rings. The molecule has 13 heavy (non-hydrogen) atoms. The third kappa shape index (κ3) is 1.71. The average molecular weight is 197 g/mol. The van der Waals surface area contributed by atoms with Gasteiger partial charge < -0.3 is 0 Å². The smallest absolute Gasteiger partial charge is 0.128 e. The van der Waals surface area contributed by atoms with Gasteiger partial charge in [0.15, 0.2) is 0 Å². The van der Waals surface area contributed by atoms with Crippen LogP contribution in [-0.4, -0.2) is 10.1 Å². The maximum absolute atomic E-state index is 13.3. The van der Waals surface area contributed by atoms with Crippen molar-refractivity contribution in [1.82, 2.24) is 4.31 Å². The van der Waals surface area contributed by atoms with E-state index in [1.54, 1.807) is 24.1 Å². The van der Waals surface area contributed by atoms with Crippen LogP contribution in [0, 0.1) is 5.82 Å². The van der Waals surface area contributed by atoms with Gasteiger partial charge in [0.2, 0.25) is 0 Å². The highest BCUT2D eigenvalue weighted by Gasteiger charge is 2.21. The summed E-state index contributed by atoms with van der Waals surface area (Å²) in [5.41, 5.74) is 2.02. The van der Waals surface area contributed by atoms with E-state index in [0.29, 0.717) is 0 Å². The minimum absolute atomic E-state index is 0.0586. The Morgan fingerprint density at radius 1 is 1.46 bits per heavy atom. The zero-order valence-corrected chi connectivity index (χ0v) is 8.40. The van der Waals surface area contributed by atoms with Gasteiger partial charge in [-0.3, -0.25) is 0 Å². The maximum Gasteiger partial charge on any atom is 0.128 e. The lowest BCUT2D eigenvalue weighted by Gasteiger charge is -2.10. The summed E-state index contributed by atoms with van der Waals surface area (Å²) in [6.07, 6.45) is 0. The number of halogens is 1. The first kappa shape index (κ1) is 9.03. The summed E-state index contributed by atoms with van der Waals surface area (Å²) in [5, 5.41) is 0. The molecule has 1 aromatic rings. The largest absolute Gasteiger partial charge is 0.242 e. The zero-order valence-electron chi connectivity index (χ0n) is 7.59. The molecule has 0 N–H and O–H groups in total. The van der Waals surface area contributed by atoms with Gasteiger partial charge in [0, 0.05) is 24.4 Å². The second-order valence-corrected chi connectivity index (χ2v) is 4.45. The van der Waals surface area contributed by atoms with E-state index in [1.165, 1.54) is 0 Å². The lowest BCUT2D eigenvalue weighted by molar-refractivity contribution is 0.499. The second kappa shape index (κ2) is 3.68. The summed E-state index contributed by atoms with van der Waals surface area (Å²) >= 11 is 1.77. The molecule has 0 spiro atoms. The fourth-order valence-corrected chi connectivity index (χ4v) is 2.44. The van der Waals surface area contributed by atoms with Crippen LogP contribution in [0.2, 0.25) is 0 Å².